The van der Waals surface area contributed by atoms with Gasteiger partial charge in [0.15, 0.2) is 0 Å². The number of ether oxygens (including phenoxy) is 2. The molecule has 1 aromatic rings. The van der Waals surface area contributed by atoms with Crippen molar-refractivity contribution in [2.24, 2.45) is 0 Å². The molecule has 2 aliphatic heterocycles. The van der Waals surface area contributed by atoms with Crippen molar-refractivity contribution >= 4 is 5.91 Å². The van der Waals surface area contributed by atoms with Crippen LogP contribution in [0.25, 0.3) is 0 Å². The molecule has 0 saturated carbocycles. The van der Waals surface area contributed by atoms with Gasteiger partial charge in [0.25, 0.3) is 0 Å². The van der Waals surface area contributed by atoms with Crippen molar-refractivity contribution in [1.29, 1.82) is 0 Å². The molecule has 0 bridgehead atoms. The Morgan fingerprint density at radius 1 is 1.45 bits per heavy atom. The largest absolute Gasteiger partial charge is 0.376 e. The van der Waals surface area contributed by atoms with Crippen LogP contribution in [0.15, 0.2) is 6.20 Å². The minimum absolute atomic E-state index is 0.00635. The molecule has 0 radical (unpaired) electrons. The number of hydrogen-bond acceptors (Lipinski definition) is 5. The Morgan fingerprint density at radius 3 is 3.14 bits per heavy atom. The third-order valence-electron chi connectivity index (χ3n) is 4.18. The summed E-state index contributed by atoms with van der Waals surface area (Å²) in [6, 6.07) is 0. The number of fused-ring (bicyclic) bond motifs is 1. The molecular weight excluding hydrogens is 282 g/mol. The zero-order valence-electron chi connectivity index (χ0n) is 13.1. The maximum absolute atomic E-state index is 12.2. The molecule has 1 aromatic heterocycles. The van der Waals surface area contributed by atoms with E-state index in [0.29, 0.717) is 19.7 Å². The molecule has 1 unspecified atom stereocenters. The smallest absolute Gasteiger partial charge is 0.249 e. The summed E-state index contributed by atoms with van der Waals surface area (Å²) in [6.07, 6.45) is 6.13. The fraction of sp³-hybridized carbons (Fsp3) is 0.688. The van der Waals surface area contributed by atoms with Gasteiger partial charge >= 0.3 is 0 Å². The van der Waals surface area contributed by atoms with Gasteiger partial charge in [-0.1, -0.05) is 6.92 Å². The van der Waals surface area contributed by atoms with Crippen molar-refractivity contribution < 1.29 is 14.3 Å². The lowest BCUT2D eigenvalue weighted by Gasteiger charge is -2.22. The molecule has 2 aliphatic rings. The zero-order chi connectivity index (χ0) is 15.4. The van der Waals surface area contributed by atoms with Crippen molar-refractivity contribution in [1.82, 2.24) is 14.9 Å². The van der Waals surface area contributed by atoms with E-state index in [0.717, 1.165) is 43.0 Å². The summed E-state index contributed by atoms with van der Waals surface area (Å²) < 4.78 is 11.1. The summed E-state index contributed by atoms with van der Waals surface area (Å²) in [5, 5.41) is 0. The number of aryl methyl sites for hydroxylation is 1. The monoisotopic (exact) mass is 305 g/mol. The molecule has 1 fully saturated rings. The van der Waals surface area contributed by atoms with Gasteiger partial charge in [-0.3, -0.25) is 4.79 Å². The summed E-state index contributed by atoms with van der Waals surface area (Å²) in [7, 11) is 0. The van der Waals surface area contributed by atoms with Gasteiger partial charge in [0.1, 0.15) is 12.4 Å². The number of nitrogens with zero attached hydrogens (tertiary/aromatic N) is 3. The van der Waals surface area contributed by atoms with Crippen LogP contribution in [0.2, 0.25) is 0 Å². The van der Waals surface area contributed by atoms with Crippen LogP contribution in [0.3, 0.4) is 0 Å². The minimum atomic E-state index is 0.00635. The number of rotatable bonds is 5. The third kappa shape index (κ3) is 3.62. The van der Waals surface area contributed by atoms with E-state index in [4.69, 9.17) is 9.47 Å². The van der Waals surface area contributed by atoms with E-state index >= 15 is 0 Å². The number of hydrogen-bond donors (Lipinski definition) is 0. The highest BCUT2D eigenvalue weighted by atomic mass is 16.5. The van der Waals surface area contributed by atoms with Crippen LogP contribution in [-0.4, -0.2) is 46.7 Å². The Balaban J connectivity index is 1.45. The Bertz CT molecular complexity index is 529. The minimum Gasteiger partial charge on any atom is -0.376 e. The predicted molar refractivity (Wildman–Crippen MR) is 80.1 cm³/mol. The molecule has 120 valence electrons. The lowest BCUT2D eigenvalue weighted by atomic mass is 10.1. The first-order valence-corrected chi connectivity index (χ1v) is 8.07. The SMILES string of the molecule is CCc1ncc2c(n1)CN(C(=O)COCC1CCCCO1)C2. The second-order valence-electron chi connectivity index (χ2n) is 5.87. The van der Waals surface area contributed by atoms with Gasteiger partial charge in [0, 0.05) is 31.3 Å². The van der Waals surface area contributed by atoms with E-state index in [1.54, 1.807) is 4.90 Å². The van der Waals surface area contributed by atoms with Crippen molar-refractivity contribution in [3.63, 3.8) is 0 Å². The van der Waals surface area contributed by atoms with E-state index in [1.807, 2.05) is 13.1 Å². The average molecular weight is 305 g/mol. The second kappa shape index (κ2) is 7.15. The summed E-state index contributed by atoms with van der Waals surface area (Å²) >= 11 is 0. The third-order valence-corrected chi connectivity index (χ3v) is 4.18. The Labute approximate surface area is 130 Å². The normalized spacial score (nSPS) is 21.0. The van der Waals surface area contributed by atoms with Gasteiger partial charge in [-0.2, -0.15) is 0 Å². The maximum Gasteiger partial charge on any atom is 0.249 e. The number of aromatic nitrogens is 2. The molecule has 1 atom stereocenters. The van der Waals surface area contributed by atoms with Gasteiger partial charge < -0.3 is 14.4 Å². The number of carbonyl (C=O) groups is 1. The number of carbonyl (C=O) groups excluding carboxylic acids is 1. The highest BCUT2D eigenvalue weighted by Gasteiger charge is 2.25. The quantitative estimate of drug-likeness (QED) is 0.824. The molecule has 0 spiro atoms. The van der Waals surface area contributed by atoms with E-state index in [2.05, 4.69) is 9.97 Å². The van der Waals surface area contributed by atoms with Crippen LogP contribution in [-0.2, 0) is 33.8 Å². The summed E-state index contributed by atoms with van der Waals surface area (Å²) in [5.74, 6) is 0.839. The van der Waals surface area contributed by atoms with Crippen molar-refractivity contribution in [2.45, 2.75) is 51.8 Å². The first-order valence-electron chi connectivity index (χ1n) is 8.07. The van der Waals surface area contributed by atoms with Crippen LogP contribution < -0.4 is 0 Å². The fourth-order valence-electron chi connectivity index (χ4n) is 2.85. The van der Waals surface area contributed by atoms with E-state index < -0.39 is 0 Å². The van der Waals surface area contributed by atoms with Gasteiger partial charge in [-0.05, 0) is 19.3 Å². The van der Waals surface area contributed by atoms with E-state index in [1.165, 1.54) is 6.42 Å². The van der Waals surface area contributed by atoms with Crippen molar-refractivity contribution in [3.8, 4) is 0 Å². The molecular formula is C16H23N3O3. The number of amides is 1. The van der Waals surface area contributed by atoms with Gasteiger partial charge in [-0.15, -0.1) is 0 Å². The Kier molecular flexibility index (Phi) is 5.00. The van der Waals surface area contributed by atoms with Gasteiger partial charge in [0.05, 0.1) is 24.9 Å². The van der Waals surface area contributed by atoms with Crippen LogP contribution >= 0.6 is 0 Å². The summed E-state index contributed by atoms with van der Waals surface area (Å²) in [6.45, 7) is 4.60. The van der Waals surface area contributed by atoms with E-state index in [9.17, 15) is 4.79 Å². The molecule has 6 nitrogen and oxygen atoms in total. The topological polar surface area (TPSA) is 64.6 Å². The van der Waals surface area contributed by atoms with Crippen LogP contribution in [0, 0.1) is 0 Å². The van der Waals surface area contributed by atoms with Crippen molar-refractivity contribution in [3.05, 3.63) is 23.3 Å². The first-order chi connectivity index (χ1) is 10.8. The van der Waals surface area contributed by atoms with E-state index in [-0.39, 0.29) is 18.6 Å². The summed E-state index contributed by atoms with van der Waals surface area (Å²) in [4.78, 5) is 22.8. The predicted octanol–water partition coefficient (Wildman–Crippen LogP) is 1.47. The zero-order valence-corrected chi connectivity index (χ0v) is 13.1. The van der Waals surface area contributed by atoms with Gasteiger partial charge in [-0.25, -0.2) is 9.97 Å². The first kappa shape index (κ1) is 15.4. The summed E-state index contributed by atoms with van der Waals surface area (Å²) in [5.41, 5.74) is 2.01. The molecule has 1 saturated heterocycles. The lowest BCUT2D eigenvalue weighted by Crippen LogP contribution is -2.31. The standard InChI is InChI=1S/C16H23N3O3/c1-2-15-17-7-12-8-19(9-14(12)18-15)16(20)11-21-10-13-5-3-4-6-22-13/h7,13H,2-6,8-11H2,1H3. The molecule has 3 heterocycles. The van der Waals surface area contributed by atoms with Crippen molar-refractivity contribution in [2.75, 3.05) is 19.8 Å². The molecule has 6 heteroatoms. The highest BCUT2D eigenvalue weighted by molar-refractivity contribution is 5.78. The molecule has 22 heavy (non-hydrogen) atoms. The molecule has 0 aromatic carbocycles. The maximum atomic E-state index is 12.2. The Hall–Kier alpha value is -1.53. The van der Waals surface area contributed by atoms with Crippen LogP contribution in [0.5, 0.6) is 0 Å². The van der Waals surface area contributed by atoms with Gasteiger partial charge in [0.2, 0.25) is 5.91 Å². The van der Waals surface area contributed by atoms with Crippen LogP contribution in [0.1, 0.15) is 43.3 Å². The molecule has 1 amide bonds. The fourth-order valence-corrected chi connectivity index (χ4v) is 2.85. The lowest BCUT2D eigenvalue weighted by molar-refractivity contribution is -0.138. The van der Waals surface area contributed by atoms with Crippen LogP contribution in [0.4, 0.5) is 0 Å². The average Bonchev–Trinajstić information content (AvgIpc) is 2.99. The Morgan fingerprint density at radius 2 is 2.36 bits per heavy atom. The highest BCUT2D eigenvalue weighted by Crippen LogP contribution is 2.20. The molecule has 0 N–H and O–H groups in total. The molecule has 3 rings (SSSR count). The molecule has 0 aliphatic carbocycles. The second-order valence-corrected chi connectivity index (χ2v) is 5.87.